The molecule has 7 nitrogen and oxygen atoms in total. The Kier molecular flexibility index (Phi) is 5.15. The quantitative estimate of drug-likeness (QED) is 0.671. The molecule has 0 spiro atoms. The molecule has 0 radical (unpaired) electrons. The van der Waals surface area contributed by atoms with E-state index in [-0.39, 0.29) is 17.0 Å². The van der Waals surface area contributed by atoms with Crippen molar-refractivity contribution < 1.29 is 17.9 Å². The maximum atomic E-state index is 12.4. The fourth-order valence-electron chi connectivity index (χ4n) is 2.32. The number of sulfonamides is 1. The zero-order valence-electron chi connectivity index (χ0n) is 14.0. The molecular formula is C18H17N3O4S. The van der Waals surface area contributed by atoms with Crippen LogP contribution in [0.2, 0.25) is 0 Å². The van der Waals surface area contributed by atoms with Gasteiger partial charge in [-0.2, -0.15) is 5.10 Å². The molecule has 0 saturated heterocycles. The largest absolute Gasteiger partial charge is 0.465 e. The lowest BCUT2D eigenvalue weighted by Gasteiger charge is -2.06. The van der Waals surface area contributed by atoms with Crippen LogP contribution in [0.25, 0.3) is 5.69 Å². The first-order valence-corrected chi connectivity index (χ1v) is 9.26. The Morgan fingerprint density at radius 2 is 1.77 bits per heavy atom. The van der Waals surface area contributed by atoms with Crippen LogP contribution in [0.1, 0.15) is 16.1 Å². The molecular weight excluding hydrogens is 354 g/mol. The number of benzene rings is 2. The number of ether oxygens (including phenoxy) is 1. The van der Waals surface area contributed by atoms with Crippen molar-refractivity contribution in [3.63, 3.8) is 0 Å². The van der Waals surface area contributed by atoms with Gasteiger partial charge >= 0.3 is 5.97 Å². The number of aromatic nitrogens is 2. The highest BCUT2D eigenvalue weighted by Crippen LogP contribution is 2.12. The molecule has 1 N–H and O–H groups in total. The van der Waals surface area contributed by atoms with Crippen LogP contribution >= 0.6 is 0 Å². The average molecular weight is 371 g/mol. The van der Waals surface area contributed by atoms with Gasteiger partial charge < -0.3 is 4.74 Å². The summed E-state index contributed by atoms with van der Waals surface area (Å²) in [5.41, 5.74) is 1.76. The van der Waals surface area contributed by atoms with Crippen LogP contribution in [0.15, 0.2) is 71.8 Å². The minimum Gasteiger partial charge on any atom is -0.465 e. The third-order valence-corrected chi connectivity index (χ3v) is 5.11. The molecule has 0 unspecified atom stereocenters. The van der Waals surface area contributed by atoms with Crippen molar-refractivity contribution in [3.8, 4) is 5.69 Å². The van der Waals surface area contributed by atoms with Crippen molar-refractivity contribution in [1.82, 2.24) is 14.5 Å². The molecule has 3 aromatic rings. The van der Waals surface area contributed by atoms with E-state index in [0.717, 1.165) is 5.69 Å². The van der Waals surface area contributed by atoms with Gasteiger partial charge in [0.25, 0.3) is 0 Å². The second-order valence-corrected chi connectivity index (χ2v) is 7.19. The molecule has 1 heterocycles. The number of nitrogens with one attached hydrogen (secondary N) is 1. The zero-order valence-corrected chi connectivity index (χ0v) is 14.8. The predicted octanol–water partition coefficient (Wildman–Crippen LogP) is 2.14. The number of carbonyl (C=O) groups excluding carboxylic acids is 1. The van der Waals surface area contributed by atoms with Crippen molar-refractivity contribution in [2.24, 2.45) is 0 Å². The van der Waals surface area contributed by atoms with Crippen LogP contribution in [0, 0.1) is 0 Å². The summed E-state index contributed by atoms with van der Waals surface area (Å²) in [4.78, 5) is 11.5. The Hall–Kier alpha value is -2.97. The topological polar surface area (TPSA) is 90.3 Å². The van der Waals surface area contributed by atoms with Crippen LogP contribution in [0.4, 0.5) is 0 Å². The summed E-state index contributed by atoms with van der Waals surface area (Å²) >= 11 is 0. The van der Waals surface area contributed by atoms with E-state index in [4.69, 9.17) is 0 Å². The number of esters is 1. The van der Waals surface area contributed by atoms with Crippen molar-refractivity contribution in [3.05, 3.63) is 78.1 Å². The first kappa shape index (κ1) is 17.8. The fraction of sp³-hybridized carbons (Fsp3) is 0.111. The van der Waals surface area contributed by atoms with Crippen molar-refractivity contribution >= 4 is 16.0 Å². The molecule has 0 bridgehead atoms. The Morgan fingerprint density at radius 3 is 2.42 bits per heavy atom. The number of hydrogen-bond donors (Lipinski definition) is 1. The molecule has 134 valence electrons. The number of hydrogen-bond acceptors (Lipinski definition) is 5. The van der Waals surface area contributed by atoms with Gasteiger partial charge in [-0.1, -0.05) is 18.2 Å². The summed E-state index contributed by atoms with van der Waals surface area (Å²) in [6, 6.07) is 16.8. The van der Waals surface area contributed by atoms with Gasteiger partial charge in [0.05, 0.1) is 35.5 Å². The first-order chi connectivity index (χ1) is 12.5. The van der Waals surface area contributed by atoms with Gasteiger partial charge in [-0.3, -0.25) is 0 Å². The van der Waals surface area contributed by atoms with E-state index < -0.39 is 16.0 Å². The van der Waals surface area contributed by atoms with E-state index in [1.165, 1.54) is 31.4 Å². The van der Waals surface area contributed by atoms with Crippen LogP contribution in [0.5, 0.6) is 0 Å². The second kappa shape index (κ2) is 7.51. The van der Waals surface area contributed by atoms with Gasteiger partial charge in [0.1, 0.15) is 0 Å². The molecule has 0 aliphatic heterocycles. The van der Waals surface area contributed by atoms with Gasteiger partial charge in [0.15, 0.2) is 0 Å². The van der Waals surface area contributed by atoms with Gasteiger partial charge in [-0.05, 0) is 42.5 Å². The summed E-state index contributed by atoms with van der Waals surface area (Å²) in [5, 5.41) is 4.35. The third-order valence-electron chi connectivity index (χ3n) is 3.69. The smallest absolute Gasteiger partial charge is 0.337 e. The predicted molar refractivity (Wildman–Crippen MR) is 95.4 cm³/mol. The average Bonchev–Trinajstić information content (AvgIpc) is 3.16. The van der Waals surface area contributed by atoms with Gasteiger partial charge in [0.2, 0.25) is 10.0 Å². The van der Waals surface area contributed by atoms with E-state index in [1.807, 2.05) is 30.3 Å². The Labute approximate surface area is 151 Å². The zero-order chi connectivity index (χ0) is 18.6. The van der Waals surface area contributed by atoms with Crippen molar-refractivity contribution in [1.29, 1.82) is 0 Å². The minimum absolute atomic E-state index is 0.0565. The molecule has 8 heteroatoms. The summed E-state index contributed by atoms with van der Waals surface area (Å²) in [7, 11) is -2.45. The van der Waals surface area contributed by atoms with E-state index in [0.29, 0.717) is 5.69 Å². The highest BCUT2D eigenvalue weighted by Gasteiger charge is 2.15. The van der Waals surface area contributed by atoms with Crippen molar-refractivity contribution in [2.45, 2.75) is 11.4 Å². The standard InChI is InChI=1S/C18H17N3O4S/c1-25-18(22)14-7-9-17(10-8-14)26(23,24)19-13-15-11-12-21(20-15)16-5-3-2-4-6-16/h2-12,19H,13H2,1H3. The number of methoxy groups -OCH3 is 1. The van der Waals surface area contributed by atoms with E-state index >= 15 is 0 Å². The van der Waals surface area contributed by atoms with Crippen molar-refractivity contribution in [2.75, 3.05) is 7.11 Å². The van der Waals surface area contributed by atoms with Crippen LogP contribution in [0.3, 0.4) is 0 Å². The molecule has 0 amide bonds. The maximum Gasteiger partial charge on any atom is 0.337 e. The summed E-state index contributed by atoms with van der Waals surface area (Å²) in [6.45, 7) is 0.0565. The molecule has 0 atom stereocenters. The molecule has 1 aromatic heterocycles. The van der Waals surface area contributed by atoms with E-state index in [2.05, 4.69) is 14.6 Å². The first-order valence-electron chi connectivity index (χ1n) is 7.77. The highest BCUT2D eigenvalue weighted by molar-refractivity contribution is 7.89. The second-order valence-electron chi connectivity index (χ2n) is 5.43. The summed E-state index contributed by atoms with van der Waals surface area (Å²) < 4.78 is 33.5. The minimum atomic E-state index is -3.71. The lowest BCUT2D eigenvalue weighted by molar-refractivity contribution is 0.0600. The molecule has 0 saturated carbocycles. The van der Waals surface area contributed by atoms with Crippen LogP contribution in [-0.4, -0.2) is 31.3 Å². The normalized spacial score (nSPS) is 11.3. The number of rotatable bonds is 6. The van der Waals surface area contributed by atoms with E-state index in [9.17, 15) is 13.2 Å². The van der Waals surface area contributed by atoms with Gasteiger partial charge in [-0.25, -0.2) is 22.6 Å². The fourth-order valence-corrected chi connectivity index (χ4v) is 3.32. The molecule has 0 aliphatic rings. The number of para-hydroxylation sites is 1. The summed E-state index contributed by atoms with van der Waals surface area (Å²) in [5.74, 6) is -0.520. The molecule has 0 fully saturated rings. The number of nitrogens with zero attached hydrogens (tertiary/aromatic N) is 2. The lowest BCUT2D eigenvalue weighted by atomic mass is 10.2. The summed E-state index contributed by atoms with van der Waals surface area (Å²) in [6.07, 6.45) is 1.77. The Morgan fingerprint density at radius 1 is 1.08 bits per heavy atom. The Bertz CT molecular complexity index is 996. The highest BCUT2D eigenvalue weighted by atomic mass is 32.2. The SMILES string of the molecule is COC(=O)c1ccc(S(=O)(=O)NCc2ccn(-c3ccccc3)n2)cc1. The third kappa shape index (κ3) is 3.98. The lowest BCUT2D eigenvalue weighted by Crippen LogP contribution is -2.23. The molecule has 3 rings (SSSR count). The van der Waals surface area contributed by atoms with Crippen LogP contribution < -0.4 is 4.72 Å². The molecule has 26 heavy (non-hydrogen) atoms. The Balaban J connectivity index is 1.69. The monoisotopic (exact) mass is 371 g/mol. The van der Waals surface area contributed by atoms with Crippen LogP contribution in [-0.2, 0) is 21.3 Å². The molecule has 0 aliphatic carbocycles. The molecule has 2 aromatic carbocycles. The number of carbonyl (C=O) groups is 1. The van der Waals surface area contributed by atoms with Gasteiger partial charge in [-0.15, -0.1) is 0 Å². The maximum absolute atomic E-state index is 12.4. The van der Waals surface area contributed by atoms with E-state index in [1.54, 1.807) is 16.9 Å². The van der Waals surface area contributed by atoms with Gasteiger partial charge in [0, 0.05) is 6.20 Å².